The normalized spacial score (nSPS) is 11.7. The summed E-state index contributed by atoms with van der Waals surface area (Å²) in [5.74, 6) is -0.709. The monoisotopic (exact) mass is 389 g/mol. The predicted molar refractivity (Wildman–Crippen MR) is 103 cm³/mol. The van der Waals surface area contributed by atoms with Crippen LogP contribution in [0.5, 0.6) is 0 Å². The third-order valence-electron chi connectivity index (χ3n) is 3.63. The van der Waals surface area contributed by atoms with Crippen LogP contribution in [-0.4, -0.2) is 32.8 Å². The Morgan fingerprint density at radius 2 is 1.67 bits per heavy atom. The lowest BCUT2D eigenvalue weighted by atomic mass is 10.2. The molecule has 0 atom stereocenters. The molecule has 0 aliphatic rings. The number of esters is 1. The second-order valence-electron chi connectivity index (χ2n) is 7.09. The van der Waals surface area contributed by atoms with E-state index in [1.165, 1.54) is 24.3 Å². The van der Waals surface area contributed by atoms with Gasteiger partial charge in [-0.2, -0.15) is 0 Å². The summed E-state index contributed by atoms with van der Waals surface area (Å²) in [7, 11) is -4.08. The number of carbonyl (C=O) groups excluding carboxylic acids is 2. The number of carbonyl (C=O) groups is 2. The molecule has 0 radical (unpaired) electrons. The highest BCUT2D eigenvalue weighted by molar-refractivity contribution is 7.92. The van der Waals surface area contributed by atoms with E-state index in [0.717, 1.165) is 9.87 Å². The van der Waals surface area contributed by atoms with Crippen molar-refractivity contribution in [2.24, 2.45) is 0 Å². The minimum Gasteiger partial charge on any atom is -0.459 e. The summed E-state index contributed by atoms with van der Waals surface area (Å²) in [6, 6.07) is 12.5. The number of aldehydes is 1. The molecule has 0 heterocycles. The summed E-state index contributed by atoms with van der Waals surface area (Å²) >= 11 is 0. The van der Waals surface area contributed by atoms with Crippen molar-refractivity contribution in [3.63, 3.8) is 0 Å². The molecule has 0 fully saturated rings. The van der Waals surface area contributed by atoms with Crippen LogP contribution >= 0.6 is 0 Å². The Bertz CT molecular complexity index is 928. The number of hydrogen-bond acceptors (Lipinski definition) is 5. The molecule has 0 aliphatic carbocycles. The average Bonchev–Trinajstić information content (AvgIpc) is 2.58. The Labute approximate surface area is 159 Å². The first-order valence-corrected chi connectivity index (χ1v) is 9.84. The fourth-order valence-corrected chi connectivity index (χ4v) is 3.88. The maximum atomic E-state index is 13.2. The number of para-hydroxylation sites is 1. The van der Waals surface area contributed by atoms with Gasteiger partial charge in [-0.25, -0.2) is 8.42 Å². The first kappa shape index (κ1) is 20.6. The van der Waals surface area contributed by atoms with Crippen LogP contribution in [0.3, 0.4) is 0 Å². The molecule has 0 N–H and O–H groups in total. The lowest BCUT2D eigenvalue weighted by Crippen LogP contribution is -2.39. The Hall–Kier alpha value is -2.67. The van der Waals surface area contributed by atoms with Crippen molar-refractivity contribution < 1.29 is 22.7 Å². The van der Waals surface area contributed by atoms with Gasteiger partial charge in [-0.1, -0.05) is 29.8 Å². The van der Waals surface area contributed by atoms with Crippen molar-refractivity contribution in [3.05, 3.63) is 59.7 Å². The van der Waals surface area contributed by atoms with Gasteiger partial charge in [-0.3, -0.25) is 13.9 Å². The number of rotatable bonds is 6. The van der Waals surface area contributed by atoms with Gasteiger partial charge in [0.25, 0.3) is 10.0 Å². The zero-order chi connectivity index (χ0) is 20.2. The number of aryl methyl sites for hydroxylation is 1. The topological polar surface area (TPSA) is 80.8 Å². The van der Waals surface area contributed by atoms with Gasteiger partial charge in [0.2, 0.25) is 0 Å². The van der Waals surface area contributed by atoms with Crippen molar-refractivity contribution >= 4 is 28.0 Å². The Balaban J connectivity index is 2.54. The van der Waals surface area contributed by atoms with Gasteiger partial charge in [0, 0.05) is 5.56 Å². The molecule has 2 rings (SSSR count). The lowest BCUT2D eigenvalue weighted by Gasteiger charge is -2.27. The predicted octanol–water partition coefficient (Wildman–Crippen LogP) is 3.34. The molecular weight excluding hydrogens is 366 g/mol. The summed E-state index contributed by atoms with van der Waals surface area (Å²) < 4.78 is 32.6. The minimum absolute atomic E-state index is 0.0253. The van der Waals surface area contributed by atoms with Crippen LogP contribution in [0.2, 0.25) is 0 Å². The molecular formula is C20H23NO5S. The van der Waals surface area contributed by atoms with E-state index in [1.807, 2.05) is 6.92 Å². The van der Waals surface area contributed by atoms with Crippen molar-refractivity contribution in [1.82, 2.24) is 0 Å². The minimum atomic E-state index is -4.08. The first-order chi connectivity index (χ1) is 12.5. The molecule has 2 aromatic carbocycles. The van der Waals surface area contributed by atoms with Crippen LogP contribution in [0.4, 0.5) is 5.69 Å². The van der Waals surface area contributed by atoms with Crippen LogP contribution in [0, 0.1) is 6.92 Å². The molecule has 0 bridgehead atoms. The Kier molecular flexibility index (Phi) is 6.05. The molecule has 0 unspecified atom stereocenters. The Morgan fingerprint density at radius 3 is 2.22 bits per heavy atom. The third-order valence-corrected chi connectivity index (χ3v) is 5.41. The van der Waals surface area contributed by atoms with Crippen LogP contribution in [0.15, 0.2) is 53.4 Å². The highest BCUT2D eigenvalue weighted by Gasteiger charge is 2.30. The summed E-state index contributed by atoms with van der Waals surface area (Å²) in [5.41, 5.74) is 0.428. The lowest BCUT2D eigenvalue weighted by molar-refractivity contribution is -0.152. The van der Waals surface area contributed by atoms with E-state index in [4.69, 9.17) is 4.74 Å². The van der Waals surface area contributed by atoms with Gasteiger partial charge >= 0.3 is 5.97 Å². The molecule has 2 aromatic rings. The zero-order valence-electron chi connectivity index (χ0n) is 15.8. The second-order valence-corrected chi connectivity index (χ2v) is 8.95. The van der Waals surface area contributed by atoms with Gasteiger partial charge < -0.3 is 4.74 Å². The summed E-state index contributed by atoms with van der Waals surface area (Å²) in [6.45, 7) is 6.39. The highest BCUT2D eigenvalue weighted by atomic mass is 32.2. The third kappa shape index (κ3) is 5.17. The van der Waals surface area contributed by atoms with Crippen molar-refractivity contribution in [2.45, 2.75) is 38.2 Å². The number of ether oxygens (including phenoxy) is 1. The van der Waals surface area contributed by atoms with E-state index >= 15 is 0 Å². The maximum Gasteiger partial charge on any atom is 0.327 e. The van der Waals surface area contributed by atoms with Crippen LogP contribution < -0.4 is 4.31 Å². The first-order valence-electron chi connectivity index (χ1n) is 8.40. The standard InChI is InChI=1S/C20H23NO5S/c1-15-9-11-17(12-10-15)27(24,25)21(13-19(23)26-20(2,3)4)18-8-6-5-7-16(18)14-22/h5-12,14H,13H2,1-4H3. The van der Waals surface area contributed by atoms with Gasteiger partial charge in [0.1, 0.15) is 12.1 Å². The van der Waals surface area contributed by atoms with Crippen molar-refractivity contribution in [1.29, 1.82) is 0 Å². The van der Waals surface area contributed by atoms with Crippen molar-refractivity contribution in [3.8, 4) is 0 Å². The number of sulfonamides is 1. The van der Waals surface area contributed by atoms with Gasteiger partial charge in [0.05, 0.1) is 10.6 Å². The van der Waals surface area contributed by atoms with E-state index in [1.54, 1.807) is 45.0 Å². The maximum absolute atomic E-state index is 13.2. The van der Waals surface area contributed by atoms with E-state index in [-0.39, 0.29) is 16.1 Å². The molecule has 0 saturated carbocycles. The van der Waals surface area contributed by atoms with Crippen molar-refractivity contribution in [2.75, 3.05) is 10.8 Å². The number of anilines is 1. The van der Waals surface area contributed by atoms with E-state index < -0.39 is 28.1 Å². The summed E-state index contributed by atoms with van der Waals surface area (Å²) in [5, 5.41) is 0. The number of benzene rings is 2. The Morgan fingerprint density at radius 1 is 1.07 bits per heavy atom. The molecule has 0 spiro atoms. The molecule has 0 aromatic heterocycles. The number of nitrogens with zero attached hydrogens (tertiary/aromatic N) is 1. The van der Waals surface area contributed by atoms with Gasteiger partial charge in [-0.05, 0) is 52.0 Å². The van der Waals surface area contributed by atoms with E-state index in [9.17, 15) is 18.0 Å². The second kappa shape index (κ2) is 7.92. The molecule has 6 nitrogen and oxygen atoms in total. The summed E-state index contributed by atoms with van der Waals surface area (Å²) in [6.07, 6.45) is 0.558. The fourth-order valence-electron chi connectivity index (χ4n) is 2.44. The molecule has 27 heavy (non-hydrogen) atoms. The van der Waals surface area contributed by atoms with Crippen LogP contribution in [0.1, 0.15) is 36.7 Å². The molecule has 7 heteroatoms. The SMILES string of the molecule is Cc1ccc(S(=O)(=O)N(CC(=O)OC(C)(C)C)c2ccccc2C=O)cc1. The molecule has 144 valence electrons. The number of hydrogen-bond donors (Lipinski definition) is 0. The zero-order valence-corrected chi connectivity index (χ0v) is 16.6. The van der Waals surface area contributed by atoms with Gasteiger partial charge in [0.15, 0.2) is 6.29 Å². The highest BCUT2D eigenvalue weighted by Crippen LogP contribution is 2.27. The molecule has 0 aliphatic heterocycles. The van der Waals surface area contributed by atoms with Crippen LogP contribution in [-0.2, 0) is 19.6 Å². The average molecular weight is 389 g/mol. The fraction of sp³-hybridized carbons (Fsp3) is 0.300. The quantitative estimate of drug-likeness (QED) is 0.559. The molecule has 0 saturated heterocycles. The van der Waals surface area contributed by atoms with Gasteiger partial charge in [-0.15, -0.1) is 0 Å². The molecule has 0 amide bonds. The van der Waals surface area contributed by atoms with E-state index in [0.29, 0.717) is 6.29 Å². The van der Waals surface area contributed by atoms with Crippen LogP contribution in [0.25, 0.3) is 0 Å². The smallest absolute Gasteiger partial charge is 0.327 e. The van der Waals surface area contributed by atoms with E-state index in [2.05, 4.69) is 0 Å². The largest absolute Gasteiger partial charge is 0.459 e. The summed E-state index contributed by atoms with van der Waals surface area (Å²) in [4.78, 5) is 23.8.